The van der Waals surface area contributed by atoms with Crippen LogP contribution in [0.2, 0.25) is 0 Å². The molecule has 3 aromatic rings. The van der Waals surface area contributed by atoms with Gasteiger partial charge in [-0.3, -0.25) is 24.6 Å². The summed E-state index contributed by atoms with van der Waals surface area (Å²) >= 11 is 0. The lowest BCUT2D eigenvalue weighted by molar-refractivity contribution is -0.384. The van der Waals surface area contributed by atoms with Gasteiger partial charge < -0.3 is 14.1 Å². The van der Waals surface area contributed by atoms with Crippen LogP contribution in [0.15, 0.2) is 45.6 Å². The second-order valence-electron chi connectivity index (χ2n) is 9.17. The Labute approximate surface area is 202 Å². The number of benzene rings is 2. The molecule has 0 bridgehead atoms. The largest absolute Gasteiger partial charge is 0.450 e. The van der Waals surface area contributed by atoms with Gasteiger partial charge in [0.05, 0.1) is 35.1 Å². The van der Waals surface area contributed by atoms with E-state index < -0.39 is 11.0 Å². The summed E-state index contributed by atoms with van der Waals surface area (Å²) in [5.74, 6) is -0.343. The van der Waals surface area contributed by atoms with Crippen LogP contribution in [0.3, 0.4) is 0 Å². The third kappa shape index (κ3) is 4.21. The quantitative estimate of drug-likeness (QED) is 0.395. The lowest BCUT2D eigenvalue weighted by Crippen LogP contribution is -2.38. The Bertz CT molecular complexity index is 1380. The number of nitro benzene ring substituents is 1. The Morgan fingerprint density at radius 3 is 2.54 bits per heavy atom. The van der Waals surface area contributed by atoms with Crippen molar-refractivity contribution in [2.45, 2.75) is 26.3 Å². The van der Waals surface area contributed by atoms with Crippen molar-refractivity contribution in [1.29, 1.82) is 0 Å². The average molecular weight is 478 g/mol. The Kier molecular flexibility index (Phi) is 6.12. The number of hydrogen-bond donors (Lipinski definition) is 0. The monoisotopic (exact) mass is 477 g/mol. The maximum Gasteiger partial charge on any atom is 0.290 e. The van der Waals surface area contributed by atoms with Crippen molar-refractivity contribution in [2.24, 2.45) is 0 Å². The van der Waals surface area contributed by atoms with E-state index >= 15 is 0 Å². The molecule has 0 aliphatic carbocycles. The summed E-state index contributed by atoms with van der Waals surface area (Å²) in [4.78, 5) is 42.1. The molecule has 0 N–H and O–H groups in total. The zero-order valence-corrected chi connectivity index (χ0v) is 19.8. The van der Waals surface area contributed by atoms with E-state index in [9.17, 15) is 19.7 Å². The molecule has 9 heteroatoms. The number of nitro groups is 1. The van der Waals surface area contributed by atoms with E-state index in [2.05, 4.69) is 4.90 Å². The van der Waals surface area contributed by atoms with Crippen LogP contribution in [0.4, 0.5) is 5.69 Å². The van der Waals surface area contributed by atoms with E-state index in [0.29, 0.717) is 42.7 Å². The van der Waals surface area contributed by atoms with Crippen LogP contribution in [0.1, 0.15) is 45.3 Å². The first-order valence-electron chi connectivity index (χ1n) is 11.8. The van der Waals surface area contributed by atoms with E-state index in [1.54, 1.807) is 29.2 Å². The molecule has 9 nitrogen and oxygen atoms in total. The molecule has 1 atom stereocenters. The fourth-order valence-electron chi connectivity index (χ4n) is 4.95. The fraction of sp³-hybridized carbons (Fsp3) is 0.385. The molecule has 35 heavy (non-hydrogen) atoms. The third-order valence-electron chi connectivity index (χ3n) is 6.96. The van der Waals surface area contributed by atoms with Crippen molar-refractivity contribution in [3.8, 4) is 0 Å². The van der Waals surface area contributed by atoms with Gasteiger partial charge in [-0.05, 0) is 49.1 Å². The molecule has 1 fully saturated rings. The molecular weight excluding hydrogens is 450 g/mol. The first kappa shape index (κ1) is 23.2. The Morgan fingerprint density at radius 1 is 1.06 bits per heavy atom. The predicted molar refractivity (Wildman–Crippen MR) is 130 cm³/mol. The molecule has 1 unspecified atom stereocenters. The average Bonchev–Trinajstić information content (AvgIpc) is 3.13. The first-order chi connectivity index (χ1) is 16.8. The predicted octanol–water partition coefficient (Wildman–Crippen LogP) is 3.59. The highest BCUT2D eigenvalue weighted by atomic mass is 16.6. The molecule has 5 rings (SSSR count). The number of hydrogen-bond acceptors (Lipinski definition) is 7. The topological polar surface area (TPSA) is 106 Å². The van der Waals surface area contributed by atoms with Crippen molar-refractivity contribution in [3.05, 3.63) is 84.7 Å². The number of carbonyl (C=O) groups is 1. The Hall–Kier alpha value is -3.56. The molecule has 3 heterocycles. The van der Waals surface area contributed by atoms with Gasteiger partial charge in [0, 0.05) is 38.3 Å². The van der Waals surface area contributed by atoms with Gasteiger partial charge in [0.15, 0.2) is 5.43 Å². The van der Waals surface area contributed by atoms with Crippen LogP contribution in [0.25, 0.3) is 11.0 Å². The number of non-ortho nitro benzene ring substituents is 1. The zero-order valence-electron chi connectivity index (χ0n) is 19.8. The number of ether oxygens (including phenoxy) is 1. The number of fused-ring (bicyclic) bond motifs is 2. The number of morpholine rings is 1. The van der Waals surface area contributed by atoms with Crippen molar-refractivity contribution in [1.82, 2.24) is 9.80 Å². The number of rotatable bonds is 6. The van der Waals surface area contributed by atoms with E-state index in [4.69, 9.17) is 9.15 Å². The molecule has 1 aromatic heterocycles. The van der Waals surface area contributed by atoms with E-state index in [0.717, 1.165) is 30.8 Å². The van der Waals surface area contributed by atoms with Gasteiger partial charge in [-0.1, -0.05) is 12.1 Å². The highest BCUT2D eigenvalue weighted by Gasteiger charge is 2.43. The van der Waals surface area contributed by atoms with E-state index in [-0.39, 0.29) is 28.3 Å². The molecule has 2 aliphatic heterocycles. The highest BCUT2D eigenvalue weighted by molar-refractivity contribution is 5.99. The molecule has 0 saturated carbocycles. The van der Waals surface area contributed by atoms with Gasteiger partial charge in [-0.2, -0.15) is 0 Å². The molecule has 2 aromatic carbocycles. The van der Waals surface area contributed by atoms with Gasteiger partial charge in [0.1, 0.15) is 5.58 Å². The van der Waals surface area contributed by atoms with Crippen molar-refractivity contribution >= 4 is 22.6 Å². The van der Waals surface area contributed by atoms with Crippen LogP contribution in [-0.4, -0.2) is 60.0 Å². The number of amides is 1. The maximum absolute atomic E-state index is 13.7. The van der Waals surface area contributed by atoms with Gasteiger partial charge in [-0.25, -0.2) is 0 Å². The Balaban J connectivity index is 1.58. The lowest BCUT2D eigenvalue weighted by Gasteiger charge is -2.29. The number of nitrogens with zero attached hydrogens (tertiary/aromatic N) is 3. The summed E-state index contributed by atoms with van der Waals surface area (Å²) in [5.41, 5.74) is 2.69. The van der Waals surface area contributed by atoms with Gasteiger partial charge in [0.2, 0.25) is 5.76 Å². The second-order valence-corrected chi connectivity index (χ2v) is 9.17. The number of carbonyl (C=O) groups excluding carboxylic acids is 1. The summed E-state index contributed by atoms with van der Waals surface area (Å²) in [5, 5.41) is 11.9. The van der Waals surface area contributed by atoms with E-state index in [1.165, 1.54) is 12.1 Å². The lowest BCUT2D eigenvalue weighted by atomic mass is 9.97. The van der Waals surface area contributed by atoms with Crippen LogP contribution >= 0.6 is 0 Å². The summed E-state index contributed by atoms with van der Waals surface area (Å²) in [6, 6.07) is 8.96. The van der Waals surface area contributed by atoms with E-state index in [1.807, 2.05) is 13.8 Å². The minimum atomic E-state index is -0.746. The van der Waals surface area contributed by atoms with Crippen LogP contribution in [0.5, 0.6) is 0 Å². The summed E-state index contributed by atoms with van der Waals surface area (Å²) in [6.45, 7) is 8.08. The summed E-state index contributed by atoms with van der Waals surface area (Å²) < 4.78 is 11.4. The Morgan fingerprint density at radius 2 is 1.80 bits per heavy atom. The zero-order chi connectivity index (χ0) is 24.7. The summed E-state index contributed by atoms with van der Waals surface area (Å²) in [7, 11) is 0. The molecule has 0 radical (unpaired) electrons. The van der Waals surface area contributed by atoms with Gasteiger partial charge in [-0.15, -0.1) is 0 Å². The standard InChI is InChI=1S/C26H27N3O6/c1-16-13-20-21(14-17(16)2)35-25-22(24(20)30)23(18-5-3-6-19(15-18)29(32)33)28(26(25)31)8-4-7-27-9-11-34-12-10-27/h3,5-6,13-15,23H,4,7-12H2,1-2H3. The molecule has 1 amide bonds. The van der Waals surface area contributed by atoms with Crippen molar-refractivity contribution in [2.75, 3.05) is 39.4 Å². The SMILES string of the molecule is Cc1cc2oc3c(c(=O)c2cc1C)C(c1cccc([N+](=O)[O-])c1)N(CCCN1CCOCC1)C3=O. The fourth-order valence-corrected chi connectivity index (χ4v) is 4.95. The molecule has 1 saturated heterocycles. The molecule has 2 aliphatic rings. The summed E-state index contributed by atoms with van der Waals surface area (Å²) in [6.07, 6.45) is 0.692. The van der Waals surface area contributed by atoms with Crippen LogP contribution < -0.4 is 5.43 Å². The number of aryl methyl sites for hydroxylation is 2. The third-order valence-corrected chi connectivity index (χ3v) is 6.96. The molecule has 0 spiro atoms. The van der Waals surface area contributed by atoms with Crippen LogP contribution in [0, 0.1) is 24.0 Å². The van der Waals surface area contributed by atoms with Gasteiger partial charge in [0.25, 0.3) is 11.6 Å². The second kappa shape index (κ2) is 9.24. The minimum absolute atomic E-state index is 0.0219. The van der Waals surface area contributed by atoms with Crippen molar-refractivity contribution in [3.63, 3.8) is 0 Å². The molecule has 182 valence electrons. The smallest absolute Gasteiger partial charge is 0.290 e. The van der Waals surface area contributed by atoms with Crippen LogP contribution in [-0.2, 0) is 4.74 Å². The first-order valence-corrected chi connectivity index (χ1v) is 11.8. The highest BCUT2D eigenvalue weighted by Crippen LogP contribution is 2.39. The maximum atomic E-state index is 13.7. The van der Waals surface area contributed by atoms with Gasteiger partial charge >= 0.3 is 0 Å². The molecular formula is C26H27N3O6. The van der Waals surface area contributed by atoms with Crippen molar-refractivity contribution < 1.29 is 18.9 Å². The minimum Gasteiger partial charge on any atom is -0.450 e. The normalized spacial score (nSPS) is 18.3.